The largest absolute Gasteiger partial charge is 0.295 e. The lowest BCUT2D eigenvalue weighted by Crippen LogP contribution is -2.53. The third kappa shape index (κ3) is 3.14. The lowest BCUT2D eigenvalue weighted by molar-refractivity contribution is -0.134. The first kappa shape index (κ1) is 19.9. The second kappa shape index (κ2) is 7.68. The van der Waals surface area contributed by atoms with E-state index in [9.17, 15) is 14.4 Å². The van der Waals surface area contributed by atoms with Crippen molar-refractivity contribution in [3.63, 3.8) is 0 Å². The van der Waals surface area contributed by atoms with Crippen LogP contribution in [-0.2, 0) is 9.59 Å². The molecule has 4 aliphatic rings. The molecule has 0 bridgehead atoms. The number of hydrogen-bond acceptors (Lipinski definition) is 4. The third-order valence-electron chi connectivity index (χ3n) is 8.29. The Hall–Kier alpha value is -2.76. The van der Waals surface area contributed by atoms with Crippen LogP contribution in [0, 0.1) is 11.8 Å². The van der Waals surface area contributed by atoms with Crippen LogP contribution in [0.15, 0.2) is 24.4 Å². The van der Waals surface area contributed by atoms with Gasteiger partial charge >= 0.3 is 0 Å². The molecule has 3 unspecified atom stereocenters. The van der Waals surface area contributed by atoms with E-state index in [1.807, 2.05) is 12.1 Å². The van der Waals surface area contributed by atoms with Gasteiger partial charge in [0.05, 0.1) is 16.9 Å². The van der Waals surface area contributed by atoms with Gasteiger partial charge in [0.15, 0.2) is 0 Å². The van der Waals surface area contributed by atoms with E-state index < -0.39 is 11.9 Å². The average Bonchev–Trinajstić information content (AvgIpc) is 3.32. The summed E-state index contributed by atoms with van der Waals surface area (Å²) in [5.41, 5.74) is 2.46. The Morgan fingerprint density at radius 2 is 1.84 bits per heavy atom. The van der Waals surface area contributed by atoms with Crippen molar-refractivity contribution in [2.45, 2.75) is 76.2 Å². The molecule has 1 aromatic heterocycles. The van der Waals surface area contributed by atoms with Crippen LogP contribution in [0.1, 0.15) is 86.2 Å². The SMILES string of the molecule is O=C1CCC(N2C(=O)c3cnc(C4CCC(CCC5CCC5)C4)c4cccc2c34)C(=O)N1. The van der Waals surface area contributed by atoms with Gasteiger partial charge in [-0.15, -0.1) is 0 Å². The standard InChI is InChI=1S/C26H29N3O3/c30-22-12-11-21(25(31)28-22)29-20-6-2-5-18-23(20)19(26(29)32)14-27-24(18)17-10-9-16(13-17)8-7-15-3-1-4-15/h2,5-6,14-17,21H,1,3-4,7-13H2,(H,28,30,31). The number of hydrogen-bond donors (Lipinski definition) is 1. The molecule has 166 valence electrons. The van der Waals surface area contributed by atoms with Crippen LogP contribution in [-0.4, -0.2) is 28.7 Å². The molecule has 3 atom stereocenters. The van der Waals surface area contributed by atoms with Crippen LogP contribution in [0.25, 0.3) is 10.8 Å². The molecule has 0 spiro atoms. The highest BCUT2D eigenvalue weighted by atomic mass is 16.2. The minimum Gasteiger partial charge on any atom is -0.295 e. The number of carbonyl (C=O) groups excluding carboxylic acids is 3. The molecular weight excluding hydrogens is 402 g/mol. The first-order valence-electron chi connectivity index (χ1n) is 12.2. The molecular formula is C26H29N3O3. The fourth-order valence-electron chi connectivity index (χ4n) is 6.31. The maximum absolute atomic E-state index is 13.3. The van der Waals surface area contributed by atoms with Gasteiger partial charge in [-0.3, -0.25) is 29.6 Å². The second-order valence-corrected chi connectivity index (χ2v) is 10.1. The number of rotatable bonds is 5. The van der Waals surface area contributed by atoms with Crippen molar-refractivity contribution in [3.8, 4) is 0 Å². The lowest BCUT2D eigenvalue weighted by Gasteiger charge is -2.30. The molecule has 1 aromatic carbocycles. The number of imide groups is 1. The highest BCUT2D eigenvalue weighted by Gasteiger charge is 2.41. The number of aromatic nitrogens is 1. The molecule has 3 fully saturated rings. The Labute approximate surface area is 187 Å². The van der Waals surface area contributed by atoms with Crippen LogP contribution in [0.3, 0.4) is 0 Å². The van der Waals surface area contributed by atoms with Gasteiger partial charge in [0, 0.05) is 29.3 Å². The monoisotopic (exact) mass is 431 g/mol. The Kier molecular flexibility index (Phi) is 4.77. The van der Waals surface area contributed by atoms with Crippen LogP contribution < -0.4 is 10.2 Å². The number of benzene rings is 1. The molecule has 6 rings (SSSR count). The zero-order valence-corrected chi connectivity index (χ0v) is 18.3. The normalized spacial score (nSPS) is 27.8. The summed E-state index contributed by atoms with van der Waals surface area (Å²) in [5, 5.41) is 4.36. The molecule has 2 aromatic rings. The summed E-state index contributed by atoms with van der Waals surface area (Å²) >= 11 is 0. The molecule has 0 radical (unpaired) electrons. The van der Waals surface area contributed by atoms with Gasteiger partial charge in [-0.2, -0.15) is 0 Å². The van der Waals surface area contributed by atoms with Gasteiger partial charge in [0.25, 0.3) is 5.91 Å². The number of pyridine rings is 1. The summed E-state index contributed by atoms with van der Waals surface area (Å²) in [5.74, 6) is 1.34. The van der Waals surface area contributed by atoms with Crippen LogP contribution in [0.2, 0.25) is 0 Å². The van der Waals surface area contributed by atoms with Crippen LogP contribution in [0.4, 0.5) is 5.69 Å². The number of nitrogens with zero attached hydrogens (tertiary/aromatic N) is 2. The van der Waals surface area contributed by atoms with Crippen molar-refractivity contribution in [3.05, 3.63) is 35.7 Å². The maximum atomic E-state index is 13.3. The highest BCUT2D eigenvalue weighted by molar-refractivity contribution is 6.27. The summed E-state index contributed by atoms with van der Waals surface area (Å²) in [6, 6.07) is 5.31. The molecule has 2 saturated carbocycles. The van der Waals surface area contributed by atoms with Crippen molar-refractivity contribution in [2.24, 2.45) is 11.8 Å². The number of amides is 3. The summed E-state index contributed by atoms with van der Waals surface area (Å²) < 4.78 is 0. The van der Waals surface area contributed by atoms with Crippen LogP contribution in [0.5, 0.6) is 0 Å². The minimum absolute atomic E-state index is 0.186. The molecule has 32 heavy (non-hydrogen) atoms. The smallest absolute Gasteiger partial charge is 0.261 e. The zero-order valence-electron chi connectivity index (χ0n) is 18.3. The fourth-order valence-corrected chi connectivity index (χ4v) is 6.31. The van der Waals surface area contributed by atoms with Gasteiger partial charge in [-0.1, -0.05) is 44.2 Å². The van der Waals surface area contributed by atoms with E-state index in [1.54, 1.807) is 11.1 Å². The Balaban J connectivity index is 1.29. The van der Waals surface area contributed by atoms with Crippen molar-refractivity contribution in [1.29, 1.82) is 0 Å². The molecule has 3 heterocycles. The number of carbonyl (C=O) groups is 3. The molecule has 1 N–H and O–H groups in total. The quantitative estimate of drug-likeness (QED) is 0.709. The number of anilines is 1. The molecule has 1 saturated heterocycles. The summed E-state index contributed by atoms with van der Waals surface area (Å²) in [4.78, 5) is 43.8. The van der Waals surface area contributed by atoms with Gasteiger partial charge in [0.1, 0.15) is 6.04 Å². The van der Waals surface area contributed by atoms with E-state index in [-0.39, 0.29) is 18.2 Å². The van der Waals surface area contributed by atoms with Crippen molar-refractivity contribution in [2.75, 3.05) is 4.90 Å². The minimum atomic E-state index is -0.649. The molecule has 6 nitrogen and oxygen atoms in total. The Morgan fingerprint density at radius 1 is 1.00 bits per heavy atom. The maximum Gasteiger partial charge on any atom is 0.261 e. The summed E-state index contributed by atoms with van der Waals surface area (Å²) in [6.07, 6.45) is 12.9. The lowest BCUT2D eigenvalue weighted by atomic mass is 9.80. The summed E-state index contributed by atoms with van der Waals surface area (Å²) in [6.45, 7) is 0. The molecule has 2 aliphatic carbocycles. The highest BCUT2D eigenvalue weighted by Crippen LogP contribution is 2.46. The van der Waals surface area contributed by atoms with Crippen molar-refractivity contribution < 1.29 is 14.4 Å². The molecule has 6 heteroatoms. The van der Waals surface area contributed by atoms with E-state index in [4.69, 9.17) is 4.98 Å². The van der Waals surface area contributed by atoms with Crippen molar-refractivity contribution >= 4 is 34.2 Å². The van der Waals surface area contributed by atoms with E-state index in [0.29, 0.717) is 17.9 Å². The first-order chi connectivity index (χ1) is 15.6. The van der Waals surface area contributed by atoms with E-state index in [1.165, 1.54) is 44.9 Å². The fraction of sp³-hybridized carbons (Fsp3) is 0.538. The predicted octanol–water partition coefficient (Wildman–Crippen LogP) is 4.46. The summed E-state index contributed by atoms with van der Waals surface area (Å²) in [7, 11) is 0. The topological polar surface area (TPSA) is 79.4 Å². The zero-order chi connectivity index (χ0) is 21.8. The number of nitrogens with one attached hydrogen (secondary N) is 1. The second-order valence-electron chi connectivity index (χ2n) is 10.1. The predicted molar refractivity (Wildman–Crippen MR) is 121 cm³/mol. The molecule has 2 aliphatic heterocycles. The Morgan fingerprint density at radius 3 is 2.62 bits per heavy atom. The Bertz CT molecular complexity index is 1120. The first-order valence-corrected chi connectivity index (χ1v) is 12.2. The van der Waals surface area contributed by atoms with Gasteiger partial charge in [0.2, 0.25) is 11.8 Å². The number of piperidine rings is 1. The van der Waals surface area contributed by atoms with Gasteiger partial charge in [-0.25, -0.2) is 0 Å². The molecule has 3 amide bonds. The third-order valence-corrected chi connectivity index (χ3v) is 8.29. The van der Waals surface area contributed by atoms with Crippen LogP contribution >= 0.6 is 0 Å². The van der Waals surface area contributed by atoms with Gasteiger partial charge in [-0.05, 0) is 43.6 Å². The van der Waals surface area contributed by atoms with Gasteiger partial charge < -0.3 is 0 Å². The van der Waals surface area contributed by atoms with E-state index in [0.717, 1.165) is 40.4 Å². The van der Waals surface area contributed by atoms with E-state index >= 15 is 0 Å². The van der Waals surface area contributed by atoms with Crippen molar-refractivity contribution in [1.82, 2.24) is 10.3 Å². The van der Waals surface area contributed by atoms with E-state index in [2.05, 4.69) is 11.4 Å². The average molecular weight is 432 g/mol.